The zero-order valence-electron chi connectivity index (χ0n) is 11.0. The van der Waals surface area contributed by atoms with Crippen molar-refractivity contribution < 1.29 is 27.4 Å². The molecule has 5 nitrogen and oxygen atoms in total. The van der Waals surface area contributed by atoms with Crippen molar-refractivity contribution in [3.8, 4) is 5.75 Å². The van der Waals surface area contributed by atoms with E-state index in [1.807, 2.05) is 0 Å². The predicted octanol–water partition coefficient (Wildman–Crippen LogP) is 2.65. The number of benzene rings is 1. The number of ether oxygens (including phenoxy) is 2. The van der Waals surface area contributed by atoms with Crippen LogP contribution in [0.3, 0.4) is 0 Å². The lowest BCUT2D eigenvalue weighted by Crippen LogP contribution is -2.28. The van der Waals surface area contributed by atoms with Crippen LogP contribution in [0, 0.1) is 0 Å². The van der Waals surface area contributed by atoms with Crippen LogP contribution in [0.25, 0.3) is 0 Å². The Kier molecular flexibility index (Phi) is 6.43. The van der Waals surface area contributed by atoms with Crippen molar-refractivity contribution in [1.82, 2.24) is 0 Å². The molecule has 0 aliphatic heterocycles. The maximum atomic E-state index is 12.1. The van der Waals surface area contributed by atoms with Gasteiger partial charge in [0.2, 0.25) is 5.91 Å². The summed E-state index contributed by atoms with van der Waals surface area (Å²) in [6.45, 7) is 0.186. The topological polar surface area (TPSA) is 73.6 Å². The fraction of sp³-hybridized carbons (Fsp3) is 0.417. The van der Waals surface area contributed by atoms with E-state index in [1.165, 1.54) is 19.2 Å². The summed E-state index contributed by atoms with van der Waals surface area (Å²) in [5.74, 6) is -0.749. The van der Waals surface area contributed by atoms with Gasteiger partial charge in [0, 0.05) is 19.3 Å². The average Bonchev–Trinajstić information content (AvgIpc) is 2.38. The summed E-state index contributed by atoms with van der Waals surface area (Å²) in [6.07, 6.45) is -5.15. The van der Waals surface area contributed by atoms with Crippen LogP contribution < -0.4 is 15.8 Å². The lowest BCUT2D eigenvalue weighted by atomic mass is 10.2. The number of halogens is 4. The van der Waals surface area contributed by atoms with Gasteiger partial charge < -0.3 is 20.5 Å². The molecule has 1 aromatic carbocycles. The van der Waals surface area contributed by atoms with Gasteiger partial charge in [-0.2, -0.15) is 0 Å². The van der Waals surface area contributed by atoms with Gasteiger partial charge >= 0.3 is 6.36 Å². The van der Waals surface area contributed by atoms with Gasteiger partial charge in [-0.05, 0) is 34.1 Å². The van der Waals surface area contributed by atoms with Crippen molar-refractivity contribution >= 4 is 27.5 Å². The molecule has 1 atom stereocenters. The Hall–Kier alpha value is -1.32. The number of carbonyl (C=O) groups is 1. The summed E-state index contributed by atoms with van der Waals surface area (Å²) in [7, 11) is 1.44. The van der Waals surface area contributed by atoms with Crippen molar-refractivity contribution in [2.24, 2.45) is 5.73 Å². The summed E-state index contributed by atoms with van der Waals surface area (Å²) >= 11 is 2.95. The summed E-state index contributed by atoms with van der Waals surface area (Å²) in [5.41, 5.74) is 5.72. The van der Waals surface area contributed by atoms with E-state index >= 15 is 0 Å². The monoisotopic (exact) mass is 370 g/mol. The van der Waals surface area contributed by atoms with E-state index in [1.54, 1.807) is 0 Å². The first kappa shape index (κ1) is 17.7. The van der Waals surface area contributed by atoms with E-state index < -0.39 is 18.2 Å². The minimum Gasteiger partial charge on any atom is -0.405 e. The average molecular weight is 371 g/mol. The smallest absolute Gasteiger partial charge is 0.405 e. The maximum absolute atomic E-state index is 12.1. The number of alkyl halides is 3. The molecule has 118 valence electrons. The van der Waals surface area contributed by atoms with Crippen LogP contribution in [0.4, 0.5) is 18.9 Å². The van der Waals surface area contributed by atoms with Gasteiger partial charge in [-0.1, -0.05) is 0 Å². The Bertz CT molecular complexity index is 493. The predicted molar refractivity (Wildman–Crippen MR) is 73.9 cm³/mol. The number of nitrogens with two attached hydrogens (primary N) is 1. The van der Waals surface area contributed by atoms with Crippen LogP contribution in [0.15, 0.2) is 22.7 Å². The van der Waals surface area contributed by atoms with Crippen LogP contribution in [0.5, 0.6) is 5.75 Å². The Labute approximate surface area is 127 Å². The lowest BCUT2D eigenvalue weighted by molar-refractivity contribution is -0.274. The Balaban J connectivity index is 2.69. The summed E-state index contributed by atoms with van der Waals surface area (Å²) in [5, 5.41) is 2.53. The first-order valence-corrected chi connectivity index (χ1v) is 6.62. The van der Waals surface area contributed by atoms with Gasteiger partial charge in [0.05, 0.1) is 17.0 Å². The van der Waals surface area contributed by atoms with Crippen molar-refractivity contribution in [2.45, 2.75) is 18.9 Å². The molecule has 1 amide bonds. The van der Waals surface area contributed by atoms with Gasteiger partial charge in [0.1, 0.15) is 5.75 Å². The third kappa shape index (κ3) is 6.32. The molecule has 9 heteroatoms. The molecule has 0 aliphatic rings. The molecule has 0 spiro atoms. The number of anilines is 1. The molecule has 0 saturated carbocycles. The number of carbonyl (C=O) groups excluding carboxylic acids is 1. The molecular weight excluding hydrogens is 357 g/mol. The summed E-state index contributed by atoms with van der Waals surface area (Å²) in [6, 6.07) is 3.71. The number of hydrogen-bond donors (Lipinski definition) is 2. The Morgan fingerprint density at radius 1 is 1.48 bits per heavy atom. The first-order valence-electron chi connectivity index (χ1n) is 5.83. The first-order chi connectivity index (χ1) is 9.75. The van der Waals surface area contributed by atoms with Crippen LogP contribution in [-0.4, -0.2) is 32.0 Å². The Morgan fingerprint density at radius 3 is 2.62 bits per heavy atom. The highest BCUT2D eigenvalue weighted by atomic mass is 79.9. The third-order valence-corrected chi connectivity index (χ3v) is 3.07. The van der Waals surface area contributed by atoms with Crippen LogP contribution >= 0.6 is 15.9 Å². The number of rotatable bonds is 6. The second kappa shape index (κ2) is 7.62. The van der Waals surface area contributed by atoms with Crippen molar-refractivity contribution in [3.63, 3.8) is 0 Å². The lowest BCUT2D eigenvalue weighted by Gasteiger charge is -2.14. The second-order valence-corrected chi connectivity index (χ2v) is 4.89. The molecule has 1 rings (SSSR count). The molecule has 0 saturated heterocycles. The van der Waals surface area contributed by atoms with E-state index in [4.69, 9.17) is 10.5 Å². The SMILES string of the molecule is COC(CN)CC(=O)Nc1ccc(OC(F)(F)F)c(Br)c1. The van der Waals surface area contributed by atoms with Gasteiger partial charge in [-0.15, -0.1) is 13.2 Å². The number of amides is 1. The normalized spacial score (nSPS) is 12.9. The zero-order chi connectivity index (χ0) is 16.0. The molecule has 21 heavy (non-hydrogen) atoms. The third-order valence-electron chi connectivity index (χ3n) is 2.45. The standard InChI is InChI=1S/C12H14BrF3N2O3/c1-20-8(6-17)5-11(19)18-7-2-3-10(9(13)4-7)21-12(14,15)16/h2-4,8H,5-6,17H2,1H3,(H,18,19). The molecule has 0 aromatic heterocycles. The number of nitrogens with one attached hydrogen (secondary N) is 1. The highest BCUT2D eigenvalue weighted by Crippen LogP contribution is 2.32. The fourth-order valence-electron chi connectivity index (χ4n) is 1.47. The minimum absolute atomic E-state index is 0.0470. The quantitative estimate of drug-likeness (QED) is 0.807. The van der Waals surface area contributed by atoms with Crippen LogP contribution in [0.1, 0.15) is 6.42 Å². The van der Waals surface area contributed by atoms with Crippen LogP contribution in [0.2, 0.25) is 0 Å². The van der Waals surface area contributed by atoms with Gasteiger partial charge in [-0.3, -0.25) is 4.79 Å². The van der Waals surface area contributed by atoms with Crippen LogP contribution in [-0.2, 0) is 9.53 Å². The highest BCUT2D eigenvalue weighted by molar-refractivity contribution is 9.10. The second-order valence-electron chi connectivity index (χ2n) is 4.04. The molecule has 0 fully saturated rings. The maximum Gasteiger partial charge on any atom is 0.573 e. The van der Waals surface area contributed by atoms with Crippen molar-refractivity contribution in [2.75, 3.05) is 19.0 Å². The van der Waals surface area contributed by atoms with E-state index in [0.717, 1.165) is 6.07 Å². The molecule has 0 radical (unpaired) electrons. The van der Waals surface area contributed by atoms with E-state index in [2.05, 4.69) is 26.0 Å². The van der Waals surface area contributed by atoms with E-state index in [9.17, 15) is 18.0 Å². The van der Waals surface area contributed by atoms with Gasteiger partial charge in [-0.25, -0.2) is 0 Å². The number of methoxy groups -OCH3 is 1. The van der Waals surface area contributed by atoms with Gasteiger partial charge in [0.15, 0.2) is 0 Å². The number of hydrogen-bond acceptors (Lipinski definition) is 4. The Morgan fingerprint density at radius 2 is 2.14 bits per heavy atom. The summed E-state index contributed by atoms with van der Waals surface area (Å²) < 4.78 is 45.2. The molecule has 3 N–H and O–H groups in total. The molecule has 0 heterocycles. The minimum atomic E-state index is -4.78. The molecular formula is C12H14BrF3N2O3. The van der Waals surface area contributed by atoms with Crippen molar-refractivity contribution in [3.05, 3.63) is 22.7 Å². The van der Waals surface area contributed by atoms with E-state index in [0.29, 0.717) is 5.69 Å². The fourth-order valence-corrected chi connectivity index (χ4v) is 1.93. The molecule has 1 unspecified atom stereocenters. The van der Waals surface area contributed by atoms with Gasteiger partial charge in [0.25, 0.3) is 0 Å². The molecule has 0 bridgehead atoms. The van der Waals surface area contributed by atoms with Crippen molar-refractivity contribution in [1.29, 1.82) is 0 Å². The largest absolute Gasteiger partial charge is 0.573 e. The summed E-state index contributed by atoms with van der Waals surface area (Å²) in [4.78, 5) is 11.7. The van der Waals surface area contributed by atoms with E-state index in [-0.39, 0.29) is 23.3 Å². The molecule has 1 aromatic rings. The zero-order valence-corrected chi connectivity index (χ0v) is 12.6. The molecule has 0 aliphatic carbocycles. The highest BCUT2D eigenvalue weighted by Gasteiger charge is 2.32.